The smallest absolute Gasteiger partial charge is 0.326 e. The minimum atomic E-state index is -0.666. The van der Waals surface area contributed by atoms with E-state index in [0.717, 1.165) is 49.7 Å². The van der Waals surface area contributed by atoms with Gasteiger partial charge in [-0.2, -0.15) is 0 Å². The number of aromatic nitrogens is 2. The van der Waals surface area contributed by atoms with Gasteiger partial charge in [-0.25, -0.2) is 4.79 Å². The molecule has 0 radical (unpaired) electrons. The lowest BCUT2D eigenvalue weighted by Gasteiger charge is -2.32. The highest BCUT2D eigenvalue weighted by atomic mass is 16.5. The van der Waals surface area contributed by atoms with E-state index in [4.69, 9.17) is 9.47 Å². The first kappa shape index (κ1) is 21.2. The highest BCUT2D eigenvalue weighted by molar-refractivity contribution is 5.92. The Balaban J connectivity index is 1.36. The molecule has 1 aliphatic carbocycles. The fourth-order valence-corrected chi connectivity index (χ4v) is 4.55. The van der Waals surface area contributed by atoms with Gasteiger partial charge in [-0.15, -0.1) is 0 Å². The average molecular weight is 428 g/mol. The largest absolute Gasteiger partial charge is 0.493 e. The summed E-state index contributed by atoms with van der Waals surface area (Å²) in [6.45, 7) is 1.19. The van der Waals surface area contributed by atoms with Crippen LogP contribution in [0.1, 0.15) is 54.6 Å². The van der Waals surface area contributed by atoms with Crippen LogP contribution in [0.25, 0.3) is 0 Å². The SMILES string of the molecule is COc1ccc(CC2CCN(C(=O)c3cc(=O)[nH]c(=O)[nH]3)CC2)cc1OC1CCCC1. The first-order valence-corrected chi connectivity index (χ1v) is 11.0. The van der Waals surface area contributed by atoms with Crippen molar-refractivity contribution in [2.24, 2.45) is 5.92 Å². The second-order valence-electron chi connectivity index (χ2n) is 8.45. The number of carbonyl (C=O) groups is 1. The molecular formula is C23H29N3O5. The molecule has 166 valence electrons. The molecule has 8 heteroatoms. The Labute approximate surface area is 180 Å². The molecule has 0 bridgehead atoms. The molecule has 4 rings (SSSR count). The van der Waals surface area contributed by atoms with Crippen molar-refractivity contribution >= 4 is 5.91 Å². The Morgan fingerprint density at radius 3 is 2.45 bits per heavy atom. The van der Waals surface area contributed by atoms with Crippen LogP contribution in [-0.4, -0.2) is 47.1 Å². The van der Waals surface area contributed by atoms with Crippen molar-refractivity contribution in [3.05, 3.63) is 56.4 Å². The summed E-state index contributed by atoms with van der Waals surface area (Å²) < 4.78 is 11.7. The third-order valence-electron chi connectivity index (χ3n) is 6.24. The van der Waals surface area contributed by atoms with E-state index >= 15 is 0 Å². The highest BCUT2D eigenvalue weighted by Crippen LogP contribution is 2.34. The van der Waals surface area contributed by atoms with Crippen molar-refractivity contribution in [2.75, 3.05) is 20.2 Å². The van der Waals surface area contributed by atoms with E-state index in [-0.39, 0.29) is 17.7 Å². The van der Waals surface area contributed by atoms with E-state index in [2.05, 4.69) is 22.1 Å². The lowest BCUT2D eigenvalue weighted by Crippen LogP contribution is -2.40. The molecule has 0 atom stereocenters. The summed E-state index contributed by atoms with van der Waals surface area (Å²) in [5.41, 5.74) is 0.00606. The van der Waals surface area contributed by atoms with E-state index in [1.54, 1.807) is 12.0 Å². The van der Waals surface area contributed by atoms with Gasteiger partial charge in [0.05, 0.1) is 13.2 Å². The van der Waals surface area contributed by atoms with Crippen molar-refractivity contribution < 1.29 is 14.3 Å². The molecule has 8 nitrogen and oxygen atoms in total. The monoisotopic (exact) mass is 427 g/mol. The average Bonchev–Trinajstić information content (AvgIpc) is 3.26. The van der Waals surface area contributed by atoms with Crippen LogP contribution in [0.5, 0.6) is 11.5 Å². The Morgan fingerprint density at radius 2 is 1.77 bits per heavy atom. The fourth-order valence-electron chi connectivity index (χ4n) is 4.55. The maximum absolute atomic E-state index is 12.6. The molecule has 0 spiro atoms. The predicted octanol–water partition coefficient (Wildman–Crippen LogP) is 2.49. The molecule has 2 aromatic rings. The second kappa shape index (κ2) is 9.41. The van der Waals surface area contributed by atoms with Gasteiger partial charge in [0.15, 0.2) is 11.5 Å². The Bertz CT molecular complexity index is 1000. The van der Waals surface area contributed by atoms with Crippen molar-refractivity contribution in [1.29, 1.82) is 0 Å². The number of carbonyl (C=O) groups excluding carboxylic acids is 1. The molecule has 2 heterocycles. The fraction of sp³-hybridized carbons (Fsp3) is 0.522. The first-order chi connectivity index (χ1) is 15.0. The van der Waals surface area contributed by atoms with Gasteiger partial charge in [0.2, 0.25) is 0 Å². The Morgan fingerprint density at radius 1 is 1.03 bits per heavy atom. The third kappa shape index (κ3) is 5.18. The number of hydrogen-bond acceptors (Lipinski definition) is 5. The van der Waals surface area contributed by atoms with Gasteiger partial charge in [-0.1, -0.05) is 6.07 Å². The van der Waals surface area contributed by atoms with Gasteiger partial charge in [-0.3, -0.25) is 14.6 Å². The molecule has 1 amide bonds. The first-order valence-electron chi connectivity index (χ1n) is 11.0. The molecule has 1 saturated heterocycles. The number of amides is 1. The van der Waals surface area contributed by atoms with Crippen LogP contribution < -0.4 is 20.7 Å². The summed E-state index contributed by atoms with van der Waals surface area (Å²) in [5, 5.41) is 0. The van der Waals surface area contributed by atoms with Crippen LogP contribution in [0.15, 0.2) is 33.9 Å². The number of H-pyrrole nitrogens is 2. The van der Waals surface area contributed by atoms with Crippen LogP contribution in [0.4, 0.5) is 0 Å². The number of nitrogens with zero attached hydrogens (tertiary/aromatic N) is 1. The Kier molecular flexibility index (Phi) is 6.44. The van der Waals surface area contributed by atoms with Gasteiger partial charge < -0.3 is 19.4 Å². The molecule has 2 fully saturated rings. The number of piperidine rings is 1. The van der Waals surface area contributed by atoms with Crippen molar-refractivity contribution in [3.63, 3.8) is 0 Å². The van der Waals surface area contributed by atoms with Gasteiger partial charge >= 0.3 is 5.69 Å². The molecule has 0 unspecified atom stereocenters. The number of rotatable bonds is 6. The molecular weight excluding hydrogens is 398 g/mol. The number of nitrogens with one attached hydrogen (secondary N) is 2. The number of benzene rings is 1. The standard InChI is InChI=1S/C23H29N3O5/c1-30-19-7-6-16(13-20(19)31-17-4-2-3-5-17)12-15-8-10-26(11-9-15)22(28)18-14-21(27)25-23(29)24-18/h6-7,13-15,17H,2-5,8-12H2,1H3,(H2,24,25,27,29). The van der Waals surface area contributed by atoms with Crippen LogP contribution in [0.3, 0.4) is 0 Å². The van der Waals surface area contributed by atoms with E-state index in [9.17, 15) is 14.4 Å². The van der Waals surface area contributed by atoms with Crippen molar-refractivity contribution in [2.45, 2.75) is 51.0 Å². The minimum Gasteiger partial charge on any atom is -0.493 e. The van der Waals surface area contributed by atoms with Crippen LogP contribution in [0, 0.1) is 5.92 Å². The summed E-state index contributed by atoms with van der Waals surface area (Å²) >= 11 is 0. The van der Waals surface area contributed by atoms with Gasteiger partial charge in [-0.05, 0) is 68.6 Å². The molecule has 2 aliphatic rings. The van der Waals surface area contributed by atoms with Crippen molar-refractivity contribution in [3.8, 4) is 11.5 Å². The van der Waals surface area contributed by atoms with E-state index < -0.39 is 11.2 Å². The molecule has 2 N–H and O–H groups in total. The molecule has 1 saturated carbocycles. The number of ether oxygens (including phenoxy) is 2. The zero-order valence-corrected chi connectivity index (χ0v) is 17.8. The highest BCUT2D eigenvalue weighted by Gasteiger charge is 2.25. The topological polar surface area (TPSA) is 104 Å². The van der Waals surface area contributed by atoms with Crippen molar-refractivity contribution in [1.82, 2.24) is 14.9 Å². The number of hydrogen-bond donors (Lipinski definition) is 2. The third-order valence-corrected chi connectivity index (χ3v) is 6.24. The summed E-state index contributed by atoms with van der Waals surface area (Å²) in [7, 11) is 1.66. The normalized spacial score (nSPS) is 17.6. The number of methoxy groups -OCH3 is 1. The molecule has 31 heavy (non-hydrogen) atoms. The molecule has 1 aliphatic heterocycles. The quantitative estimate of drug-likeness (QED) is 0.737. The summed E-state index contributed by atoms with van der Waals surface area (Å²) in [4.78, 5) is 41.7. The summed E-state index contributed by atoms with van der Waals surface area (Å²) in [5.74, 6) is 1.73. The van der Waals surface area contributed by atoms with Crippen LogP contribution in [0.2, 0.25) is 0 Å². The minimum absolute atomic E-state index is 0.0380. The van der Waals surface area contributed by atoms with Gasteiger partial charge in [0, 0.05) is 19.2 Å². The van der Waals surface area contributed by atoms with E-state index in [0.29, 0.717) is 19.0 Å². The maximum Gasteiger partial charge on any atom is 0.326 e. The van der Waals surface area contributed by atoms with Gasteiger partial charge in [0.1, 0.15) is 5.69 Å². The van der Waals surface area contributed by atoms with E-state index in [1.165, 1.54) is 18.4 Å². The number of aromatic amines is 2. The lowest BCUT2D eigenvalue weighted by atomic mass is 9.90. The van der Waals surface area contributed by atoms with Gasteiger partial charge in [0.25, 0.3) is 11.5 Å². The zero-order valence-electron chi connectivity index (χ0n) is 17.8. The lowest BCUT2D eigenvalue weighted by molar-refractivity contribution is 0.0684. The maximum atomic E-state index is 12.6. The van der Waals surface area contributed by atoms with E-state index in [1.807, 2.05) is 6.07 Å². The molecule has 1 aromatic heterocycles. The number of likely N-dealkylation sites (tertiary alicyclic amines) is 1. The molecule has 1 aromatic carbocycles. The zero-order chi connectivity index (χ0) is 21.8. The predicted molar refractivity (Wildman–Crippen MR) is 116 cm³/mol. The second-order valence-corrected chi connectivity index (χ2v) is 8.45. The van der Waals surface area contributed by atoms with Crippen LogP contribution in [-0.2, 0) is 6.42 Å². The van der Waals surface area contributed by atoms with Crippen LogP contribution >= 0.6 is 0 Å². The summed E-state index contributed by atoms with van der Waals surface area (Å²) in [6.07, 6.45) is 7.54. The Hall–Kier alpha value is -3.03. The summed E-state index contributed by atoms with van der Waals surface area (Å²) in [6, 6.07) is 7.29.